The Bertz CT molecular complexity index is 1430. The first-order valence-electron chi connectivity index (χ1n) is 16.1. The van der Waals surface area contributed by atoms with Crippen LogP contribution in [0, 0.1) is 24.5 Å². The molecule has 3 aromatic carbocycles. The Morgan fingerprint density at radius 1 is 0.957 bits per heavy atom. The molecular weight excluding hydrogens is 597 g/mol. The molecule has 1 aliphatic rings. The monoisotopic (exact) mass is 642 g/mol. The van der Waals surface area contributed by atoms with E-state index in [-0.39, 0.29) is 31.3 Å². The van der Waals surface area contributed by atoms with Gasteiger partial charge in [-0.15, -0.1) is 0 Å². The van der Waals surface area contributed by atoms with Gasteiger partial charge in [0.25, 0.3) is 5.91 Å². The van der Waals surface area contributed by atoms with Crippen LogP contribution in [0.2, 0.25) is 0 Å². The first-order valence-corrected chi connectivity index (χ1v) is 17.5. The summed E-state index contributed by atoms with van der Waals surface area (Å²) in [5.41, 5.74) is 4.51. The molecule has 9 heteroatoms. The molecule has 46 heavy (non-hydrogen) atoms. The van der Waals surface area contributed by atoms with Crippen LogP contribution in [-0.4, -0.2) is 40.9 Å². The second kappa shape index (κ2) is 18.6. The van der Waals surface area contributed by atoms with Crippen molar-refractivity contribution in [2.45, 2.75) is 90.4 Å². The third-order valence-electron chi connectivity index (χ3n) is 8.98. The number of halogens is 2. The SMILES string of the molecule is CCC(CC1CCCCC1)N(Cc1cc(F)cc(F)c1)Cc1ccc(C(=O)NC(CCSC)C(=O)[O-])c(-c2ccccc2C)c1.[Li+]. The maximum Gasteiger partial charge on any atom is 1.00 e. The number of carboxylic acids is 1. The smallest absolute Gasteiger partial charge is 0.548 e. The zero-order valence-electron chi connectivity index (χ0n) is 27.6. The predicted octanol–water partition coefficient (Wildman–Crippen LogP) is 4.30. The van der Waals surface area contributed by atoms with Crippen LogP contribution in [0.4, 0.5) is 8.78 Å². The van der Waals surface area contributed by atoms with Crippen molar-refractivity contribution in [1.29, 1.82) is 0 Å². The van der Waals surface area contributed by atoms with Crippen LogP contribution in [0.25, 0.3) is 11.1 Å². The summed E-state index contributed by atoms with van der Waals surface area (Å²) < 4.78 is 28.5. The van der Waals surface area contributed by atoms with E-state index in [1.54, 1.807) is 6.07 Å². The van der Waals surface area contributed by atoms with Gasteiger partial charge in [0.05, 0.1) is 12.0 Å². The molecule has 5 nitrogen and oxygen atoms in total. The van der Waals surface area contributed by atoms with Gasteiger partial charge in [0, 0.05) is 30.8 Å². The molecule has 0 aliphatic heterocycles. The van der Waals surface area contributed by atoms with Crippen molar-refractivity contribution in [3.63, 3.8) is 0 Å². The third-order valence-corrected chi connectivity index (χ3v) is 9.62. The van der Waals surface area contributed by atoms with Crippen molar-refractivity contribution in [3.05, 3.63) is 94.6 Å². The summed E-state index contributed by atoms with van der Waals surface area (Å²) in [7, 11) is 0. The molecule has 1 aliphatic carbocycles. The van der Waals surface area contributed by atoms with Crippen molar-refractivity contribution in [2.75, 3.05) is 12.0 Å². The Morgan fingerprint density at radius 2 is 1.63 bits per heavy atom. The molecule has 4 rings (SSSR count). The summed E-state index contributed by atoms with van der Waals surface area (Å²) >= 11 is 1.51. The molecule has 0 radical (unpaired) electrons. The topological polar surface area (TPSA) is 72.5 Å². The minimum absolute atomic E-state index is 0. The van der Waals surface area contributed by atoms with Gasteiger partial charge in [0.2, 0.25) is 0 Å². The number of carboxylic acid groups (broad SMARTS) is 1. The van der Waals surface area contributed by atoms with Gasteiger partial charge in [0.15, 0.2) is 0 Å². The molecular formula is C37H45F2LiN2O3S. The van der Waals surface area contributed by atoms with E-state index in [2.05, 4.69) is 17.1 Å². The molecule has 0 bridgehead atoms. The van der Waals surface area contributed by atoms with Gasteiger partial charge in [-0.3, -0.25) is 9.69 Å². The molecule has 1 amide bonds. The summed E-state index contributed by atoms with van der Waals surface area (Å²) in [6.45, 7) is 5.07. The number of nitrogens with one attached hydrogen (secondary N) is 1. The average Bonchev–Trinajstić information content (AvgIpc) is 3.01. The van der Waals surface area contributed by atoms with E-state index in [0.29, 0.717) is 41.5 Å². The van der Waals surface area contributed by atoms with Gasteiger partial charge < -0.3 is 15.2 Å². The first-order chi connectivity index (χ1) is 21.7. The molecule has 2 atom stereocenters. The summed E-state index contributed by atoms with van der Waals surface area (Å²) in [6, 6.07) is 16.3. The number of amides is 1. The van der Waals surface area contributed by atoms with E-state index in [4.69, 9.17) is 0 Å². The first kappa shape index (κ1) is 37.8. The summed E-state index contributed by atoms with van der Waals surface area (Å²) in [4.78, 5) is 27.7. The number of hydrogen-bond acceptors (Lipinski definition) is 5. The Hall–Kier alpha value is -2.63. The maximum absolute atomic E-state index is 14.2. The zero-order valence-corrected chi connectivity index (χ0v) is 28.4. The van der Waals surface area contributed by atoms with Crippen molar-refractivity contribution >= 4 is 23.6 Å². The quantitative estimate of drug-likeness (QED) is 0.251. The minimum Gasteiger partial charge on any atom is -0.548 e. The van der Waals surface area contributed by atoms with E-state index in [1.165, 1.54) is 56.0 Å². The summed E-state index contributed by atoms with van der Waals surface area (Å²) in [5, 5.41) is 14.5. The van der Waals surface area contributed by atoms with Crippen LogP contribution in [0.5, 0.6) is 0 Å². The number of aliphatic carboxylic acids is 1. The molecule has 0 spiro atoms. The largest absolute Gasteiger partial charge is 1.00 e. The molecule has 242 valence electrons. The van der Waals surface area contributed by atoms with E-state index < -0.39 is 29.6 Å². The van der Waals surface area contributed by atoms with Gasteiger partial charge in [-0.05, 0) is 96.2 Å². The number of carbonyl (C=O) groups is 2. The van der Waals surface area contributed by atoms with Crippen molar-refractivity contribution in [1.82, 2.24) is 10.2 Å². The van der Waals surface area contributed by atoms with E-state index in [9.17, 15) is 23.5 Å². The van der Waals surface area contributed by atoms with Crippen LogP contribution in [0.3, 0.4) is 0 Å². The number of hydrogen-bond donors (Lipinski definition) is 1. The molecule has 1 saturated carbocycles. The van der Waals surface area contributed by atoms with Gasteiger partial charge in [-0.2, -0.15) is 11.8 Å². The predicted molar refractivity (Wildman–Crippen MR) is 177 cm³/mol. The number of benzene rings is 3. The Balaban J connectivity index is 0.00000576. The van der Waals surface area contributed by atoms with Gasteiger partial charge in [-0.25, -0.2) is 8.78 Å². The zero-order chi connectivity index (χ0) is 32.3. The van der Waals surface area contributed by atoms with E-state index in [0.717, 1.165) is 35.6 Å². The minimum atomic E-state index is -1.31. The number of carbonyl (C=O) groups excluding carboxylic acids is 2. The molecule has 1 N–H and O–H groups in total. The molecule has 3 aromatic rings. The number of nitrogens with zero attached hydrogens (tertiary/aromatic N) is 1. The van der Waals surface area contributed by atoms with E-state index >= 15 is 0 Å². The second-order valence-corrected chi connectivity index (χ2v) is 13.3. The fourth-order valence-electron chi connectivity index (χ4n) is 6.57. The van der Waals surface area contributed by atoms with Gasteiger partial charge >= 0.3 is 18.9 Å². The molecule has 0 saturated heterocycles. The summed E-state index contributed by atoms with van der Waals surface area (Å²) in [5.74, 6) is -1.74. The van der Waals surface area contributed by atoms with Gasteiger partial charge in [0.1, 0.15) is 11.6 Å². The number of rotatable bonds is 15. The fraction of sp³-hybridized carbons (Fsp3) is 0.459. The fourth-order valence-corrected chi connectivity index (χ4v) is 7.04. The number of thioether (sulfide) groups is 1. The summed E-state index contributed by atoms with van der Waals surface area (Å²) in [6.07, 6.45) is 10.3. The van der Waals surface area contributed by atoms with Crippen molar-refractivity contribution < 1.29 is 42.3 Å². The van der Waals surface area contributed by atoms with E-state index in [1.807, 2.05) is 49.6 Å². The Kier molecular flexibility index (Phi) is 15.3. The number of aryl methyl sites for hydroxylation is 1. The van der Waals surface area contributed by atoms with Crippen LogP contribution in [0.15, 0.2) is 60.7 Å². The standard InChI is InChI=1S/C37H46F2N2O3S.Li/c1-4-31(20-26-11-6-5-7-12-26)41(24-28-18-29(38)22-30(39)19-28)23-27-14-15-33(34(21-27)32-13-9-8-10-25(32)2)36(42)40-35(37(43)44)16-17-45-3;/h8-10,13-15,18-19,21-22,26,31,35H,4-7,11-12,16-17,20,23-24H2,1-3H3,(H,40,42)(H,43,44);/q;+1/p-1. The maximum atomic E-state index is 14.2. The van der Waals surface area contributed by atoms with Crippen molar-refractivity contribution in [2.24, 2.45) is 5.92 Å². The van der Waals surface area contributed by atoms with Crippen LogP contribution in [0.1, 0.15) is 85.3 Å². The second-order valence-electron chi connectivity index (χ2n) is 12.3. The van der Waals surface area contributed by atoms with Crippen molar-refractivity contribution in [3.8, 4) is 11.1 Å². The average molecular weight is 643 g/mol. The van der Waals surface area contributed by atoms with Gasteiger partial charge in [-0.1, -0.05) is 69.4 Å². The van der Waals surface area contributed by atoms with Crippen LogP contribution < -0.4 is 29.3 Å². The van der Waals surface area contributed by atoms with Crippen LogP contribution in [-0.2, 0) is 17.9 Å². The third kappa shape index (κ3) is 10.7. The molecule has 0 heterocycles. The molecule has 0 aromatic heterocycles. The van der Waals surface area contributed by atoms with Crippen LogP contribution >= 0.6 is 11.8 Å². The Labute approximate surface area is 289 Å². The molecule has 1 fully saturated rings. The normalized spacial score (nSPS) is 14.8. The Morgan fingerprint density at radius 3 is 2.26 bits per heavy atom. The molecule has 2 unspecified atom stereocenters.